The molecular formula is C15H25N3O2S. The van der Waals surface area contributed by atoms with Gasteiger partial charge in [-0.05, 0) is 26.2 Å². The molecule has 21 heavy (non-hydrogen) atoms. The maximum absolute atomic E-state index is 12.1. The van der Waals surface area contributed by atoms with E-state index in [9.17, 15) is 9.90 Å². The van der Waals surface area contributed by atoms with Crippen LogP contribution in [0.15, 0.2) is 5.38 Å². The SMILES string of the molecule is CCCC(O)CNC(=O)C1CCN(c2nc(C)cs2)CC1. The quantitative estimate of drug-likeness (QED) is 0.843. The van der Waals surface area contributed by atoms with Gasteiger partial charge in [0, 0.05) is 30.9 Å². The molecule has 0 aromatic carbocycles. The molecule has 1 amide bonds. The van der Waals surface area contributed by atoms with Crippen LogP contribution in [0, 0.1) is 12.8 Å². The Hall–Kier alpha value is -1.14. The van der Waals surface area contributed by atoms with E-state index in [1.807, 2.05) is 13.8 Å². The van der Waals surface area contributed by atoms with Crippen molar-refractivity contribution in [2.45, 2.75) is 45.6 Å². The molecule has 118 valence electrons. The van der Waals surface area contributed by atoms with Gasteiger partial charge >= 0.3 is 0 Å². The third-order valence-electron chi connectivity index (χ3n) is 3.88. The van der Waals surface area contributed by atoms with Gasteiger partial charge in [-0.15, -0.1) is 11.3 Å². The minimum absolute atomic E-state index is 0.0659. The normalized spacial score (nSPS) is 17.8. The van der Waals surface area contributed by atoms with Crippen molar-refractivity contribution in [3.8, 4) is 0 Å². The molecule has 5 nitrogen and oxygen atoms in total. The zero-order valence-electron chi connectivity index (χ0n) is 12.8. The van der Waals surface area contributed by atoms with Crippen molar-refractivity contribution in [1.82, 2.24) is 10.3 Å². The van der Waals surface area contributed by atoms with Crippen LogP contribution < -0.4 is 10.2 Å². The standard InChI is InChI=1S/C15H25N3O2S/c1-3-4-13(19)9-16-14(20)12-5-7-18(8-6-12)15-17-11(2)10-21-15/h10,12-13,19H,3-9H2,1-2H3,(H,16,20). The molecule has 1 aliphatic heterocycles. The van der Waals surface area contributed by atoms with Gasteiger partial charge < -0.3 is 15.3 Å². The molecule has 6 heteroatoms. The van der Waals surface area contributed by atoms with E-state index in [4.69, 9.17) is 0 Å². The summed E-state index contributed by atoms with van der Waals surface area (Å²) >= 11 is 1.67. The summed E-state index contributed by atoms with van der Waals surface area (Å²) in [5, 5.41) is 15.7. The average Bonchev–Trinajstić information content (AvgIpc) is 2.92. The molecule has 0 spiro atoms. The second kappa shape index (κ2) is 7.75. The number of thiazole rings is 1. The number of nitrogens with one attached hydrogen (secondary N) is 1. The molecule has 1 aliphatic rings. The number of aromatic nitrogens is 1. The highest BCUT2D eigenvalue weighted by Crippen LogP contribution is 2.26. The zero-order valence-corrected chi connectivity index (χ0v) is 13.7. The zero-order chi connectivity index (χ0) is 15.2. The minimum atomic E-state index is -0.419. The summed E-state index contributed by atoms with van der Waals surface area (Å²) in [6, 6.07) is 0. The van der Waals surface area contributed by atoms with Crippen LogP contribution in [0.3, 0.4) is 0 Å². The fraction of sp³-hybridized carbons (Fsp3) is 0.733. The Morgan fingerprint density at radius 3 is 2.86 bits per heavy atom. The lowest BCUT2D eigenvalue weighted by Gasteiger charge is -2.31. The van der Waals surface area contributed by atoms with E-state index < -0.39 is 6.10 Å². The third-order valence-corrected chi connectivity index (χ3v) is 4.90. The summed E-state index contributed by atoms with van der Waals surface area (Å²) in [6.07, 6.45) is 2.96. The van der Waals surface area contributed by atoms with Gasteiger partial charge in [-0.2, -0.15) is 0 Å². The number of hydrogen-bond donors (Lipinski definition) is 2. The Morgan fingerprint density at radius 1 is 1.57 bits per heavy atom. The summed E-state index contributed by atoms with van der Waals surface area (Å²) < 4.78 is 0. The van der Waals surface area contributed by atoms with Crippen molar-refractivity contribution in [3.63, 3.8) is 0 Å². The molecular weight excluding hydrogens is 286 g/mol. The van der Waals surface area contributed by atoms with E-state index in [0.29, 0.717) is 6.54 Å². The first-order chi connectivity index (χ1) is 10.1. The second-order valence-corrected chi connectivity index (χ2v) is 6.56. The Labute approximate surface area is 130 Å². The number of aryl methyl sites for hydroxylation is 1. The number of piperidine rings is 1. The van der Waals surface area contributed by atoms with E-state index in [0.717, 1.165) is 49.6 Å². The first-order valence-electron chi connectivity index (χ1n) is 7.73. The van der Waals surface area contributed by atoms with Crippen LogP contribution in [0.1, 0.15) is 38.3 Å². The lowest BCUT2D eigenvalue weighted by atomic mass is 9.96. The first kappa shape index (κ1) is 16.2. The number of anilines is 1. The van der Waals surface area contributed by atoms with Crippen LogP contribution in [-0.2, 0) is 4.79 Å². The largest absolute Gasteiger partial charge is 0.391 e. The molecule has 1 unspecified atom stereocenters. The second-order valence-electron chi connectivity index (χ2n) is 5.72. The Balaban J connectivity index is 1.74. The van der Waals surface area contributed by atoms with Crippen molar-refractivity contribution >= 4 is 22.4 Å². The fourth-order valence-corrected chi connectivity index (χ4v) is 3.47. The van der Waals surface area contributed by atoms with Gasteiger partial charge in [-0.1, -0.05) is 13.3 Å². The maximum atomic E-state index is 12.1. The molecule has 2 heterocycles. The predicted octanol–water partition coefficient (Wildman–Crippen LogP) is 1.95. The molecule has 1 saturated heterocycles. The van der Waals surface area contributed by atoms with Crippen molar-refractivity contribution < 1.29 is 9.90 Å². The van der Waals surface area contributed by atoms with E-state index >= 15 is 0 Å². The number of rotatable bonds is 6. The van der Waals surface area contributed by atoms with E-state index in [-0.39, 0.29) is 11.8 Å². The van der Waals surface area contributed by atoms with Gasteiger partial charge in [0.15, 0.2) is 5.13 Å². The van der Waals surface area contributed by atoms with Crippen LogP contribution in [0.2, 0.25) is 0 Å². The molecule has 0 aliphatic carbocycles. The third kappa shape index (κ3) is 4.68. The number of carbonyl (C=O) groups is 1. The summed E-state index contributed by atoms with van der Waals surface area (Å²) in [5.41, 5.74) is 1.06. The highest BCUT2D eigenvalue weighted by Gasteiger charge is 2.26. The van der Waals surface area contributed by atoms with Gasteiger partial charge in [0.1, 0.15) is 0 Å². The highest BCUT2D eigenvalue weighted by atomic mass is 32.1. The van der Waals surface area contributed by atoms with E-state index in [1.54, 1.807) is 11.3 Å². The number of nitrogens with zero attached hydrogens (tertiary/aromatic N) is 2. The molecule has 1 aromatic rings. The predicted molar refractivity (Wildman–Crippen MR) is 85.7 cm³/mol. The first-order valence-corrected chi connectivity index (χ1v) is 8.61. The topological polar surface area (TPSA) is 65.5 Å². The molecule has 0 saturated carbocycles. The number of aliphatic hydroxyl groups excluding tert-OH is 1. The molecule has 1 atom stereocenters. The molecule has 2 N–H and O–H groups in total. The van der Waals surface area contributed by atoms with Crippen LogP contribution in [0.25, 0.3) is 0 Å². The summed E-state index contributed by atoms with van der Waals surface area (Å²) in [4.78, 5) is 18.9. The number of hydrogen-bond acceptors (Lipinski definition) is 5. The Bertz CT molecular complexity index is 456. The van der Waals surface area contributed by atoms with Gasteiger partial charge in [0.2, 0.25) is 5.91 Å². The van der Waals surface area contributed by atoms with Crippen molar-refractivity contribution in [2.24, 2.45) is 5.92 Å². The van der Waals surface area contributed by atoms with Crippen molar-refractivity contribution in [1.29, 1.82) is 0 Å². The maximum Gasteiger partial charge on any atom is 0.223 e. The monoisotopic (exact) mass is 311 g/mol. The van der Waals surface area contributed by atoms with Gasteiger partial charge in [0.25, 0.3) is 0 Å². The average molecular weight is 311 g/mol. The molecule has 0 bridgehead atoms. The Morgan fingerprint density at radius 2 is 2.29 bits per heavy atom. The van der Waals surface area contributed by atoms with Gasteiger partial charge in [-0.25, -0.2) is 4.98 Å². The van der Waals surface area contributed by atoms with Crippen LogP contribution in [0.4, 0.5) is 5.13 Å². The van der Waals surface area contributed by atoms with Gasteiger partial charge in [0.05, 0.1) is 11.8 Å². The van der Waals surface area contributed by atoms with Crippen LogP contribution >= 0.6 is 11.3 Å². The Kier molecular flexibility index (Phi) is 5.99. The van der Waals surface area contributed by atoms with Crippen LogP contribution in [-0.4, -0.2) is 41.7 Å². The van der Waals surface area contributed by atoms with Crippen LogP contribution in [0.5, 0.6) is 0 Å². The molecule has 1 fully saturated rings. The lowest BCUT2D eigenvalue weighted by Crippen LogP contribution is -2.42. The van der Waals surface area contributed by atoms with E-state index in [1.165, 1.54) is 0 Å². The highest BCUT2D eigenvalue weighted by molar-refractivity contribution is 7.13. The van der Waals surface area contributed by atoms with E-state index in [2.05, 4.69) is 20.6 Å². The number of amides is 1. The summed E-state index contributed by atoms with van der Waals surface area (Å²) in [7, 11) is 0. The fourth-order valence-electron chi connectivity index (χ4n) is 2.62. The summed E-state index contributed by atoms with van der Waals surface area (Å²) in [5.74, 6) is 0.149. The van der Waals surface area contributed by atoms with Crippen molar-refractivity contribution in [2.75, 3.05) is 24.5 Å². The molecule has 0 radical (unpaired) electrons. The molecule has 2 rings (SSSR count). The van der Waals surface area contributed by atoms with Crippen molar-refractivity contribution in [3.05, 3.63) is 11.1 Å². The smallest absolute Gasteiger partial charge is 0.223 e. The lowest BCUT2D eigenvalue weighted by molar-refractivity contribution is -0.126. The number of carbonyl (C=O) groups excluding carboxylic acids is 1. The van der Waals surface area contributed by atoms with Gasteiger partial charge in [-0.3, -0.25) is 4.79 Å². The molecule has 1 aromatic heterocycles. The number of aliphatic hydroxyl groups is 1. The minimum Gasteiger partial charge on any atom is -0.391 e. The summed E-state index contributed by atoms with van der Waals surface area (Å²) in [6.45, 7) is 6.16.